The Morgan fingerprint density at radius 1 is 1.15 bits per heavy atom. The number of carbonyl (C=O) groups excluding carboxylic acids is 1. The van der Waals surface area contributed by atoms with Crippen molar-refractivity contribution in [2.24, 2.45) is 11.8 Å². The lowest BCUT2D eigenvalue weighted by atomic mass is 9.80. The van der Waals surface area contributed by atoms with E-state index in [9.17, 15) is 13.2 Å². The van der Waals surface area contributed by atoms with Crippen LogP contribution in [-0.2, 0) is 19.6 Å². The molecule has 0 bridgehead atoms. The van der Waals surface area contributed by atoms with Gasteiger partial charge in [-0.15, -0.1) is 11.6 Å². The summed E-state index contributed by atoms with van der Waals surface area (Å²) in [5.74, 6) is 0.691. The zero-order chi connectivity index (χ0) is 19.2. The number of allylic oxidation sites excluding steroid dienone is 2. The molecule has 0 amide bonds. The van der Waals surface area contributed by atoms with Gasteiger partial charge in [-0.1, -0.05) is 30.5 Å². The van der Waals surface area contributed by atoms with Gasteiger partial charge in [-0.2, -0.15) is 0 Å². The Balaban J connectivity index is 1.82. The predicted octanol–water partition coefficient (Wildman–Crippen LogP) is 3.61. The number of ketones is 1. The number of carbonyl (C=O) groups is 1. The first-order chi connectivity index (χ1) is 12.9. The summed E-state index contributed by atoms with van der Waals surface area (Å²) in [5.41, 5.74) is 1.24. The molecule has 1 saturated carbocycles. The maximum absolute atomic E-state index is 13.5. The SMILES string of the molecule is Cc1ccc(S(=O)(=O)N2C3=C(OC[C@@H]2CCCl)[C@H]2CCCC[C@H]2C3=O)cc1. The molecule has 0 aromatic heterocycles. The van der Waals surface area contributed by atoms with Gasteiger partial charge in [0.15, 0.2) is 5.78 Å². The molecule has 7 heteroatoms. The molecule has 3 aliphatic rings. The molecule has 0 unspecified atom stereocenters. The topological polar surface area (TPSA) is 63.7 Å². The summed E-state index contributed by atoms with van der Waals surface area (Å²) in [4.78, 5) is 13.4. The van der Waals surface area contributed by atoms with Gasteiger partial charge in [-0.25, -0.2) is 8.42 Å². The van der Waals surface area contributed by atoms with Crippen molar-refractivity contribution in [2.45, 2.75) is 50.0 Å². The second kappa shape index (κ2) is 7.13. The highest BCUT2D eigenvalue weighted by molar-refractivity contribution is 7.89. The van der Waals surface area contributed by atoms with Gasteiger partial charge in [-0.05, 0) is 38.3 Å². The van der Waals surface area contributed by atoms with Crippen LogP contribution in [0.1, 0.15) is 37.7 Å². The standard InChI is InChI=1S/C20H24ClNO4S/c1-13-6-8-15(9-7-13)27(24,25)22-14(10-11-21)12-26-20-17-5-3-2-4-16(17)19(23)18(20)22/h6-9,14,16-17H,2-5,10-12H2,1H3/t14-,16+,17-/m0/s1. The summed E-state index contributed by atoms with van der Waals surface area (Å²) < 4.78 is 34.4. The molecule has 1 aliphatic heterocycles. The number of nitrogens with zero attached hydrogens (tertiary/aromatic N) is 1. The Labute approximate surface area is 165 Å². The zero-order valence-electron chi connectivity index (χ0n) is 15.4. The number of benzene rings is 1. The van der Waals surface area contributed by atoms with E-state index in [1.165, 1.54) is 4.31 Å². The second-order valence-corrected chi connectivity index (χ2v) is 9.82. The maximum Gasteiger partial charge on any atom is 0.264 e. The van der Waals surface area contributed by atoms with E-state index in [1.807, 2.05) is 6.92 Å². The molecule has 1 aromatic carbocycles. The maximum atomic E-state index is 13.5. The zero-order valence-corrected chi connectivity index (χ0v) is 16.9. The largest absolute Gasteiger partial charge is 0.493 e. The number of alkyl halides is 1. The number of ether oxygens (including phenoxy) is 1. The quantitative estimate of drug-likeness (QED) is 0.712. The molecule has 0 spiro atoms. The number of halogens is 1. The van der Waals surface area contributed by atoms with Gasteiger partial charge in [0, 0.05) is 17.7 Å². The second-order valence-electron chi connectivity index (χ2n) is 7.63. The molecule has 0 N–H and O–H groups in total. The Hall–Kier alpha value is -1.53. The third kappa shape index (κ3) is 3.07. The van der Waals surface area contributed by atoms with Gasteiger partial charge in [0.05, 0.1) is 10.9 Å². The third-order valence-electron chi connectivity index (χ3n) is 5.91. The van der Waals surface area contributed by atoms with E-state index >= 15 is 0 Å². The highest BCUT2D eigenvalue weighted by Gasteiger charge is 2.52. The monoisotopic (exact) mass is 409 g/mol. The average molecular weight is 410 g/mol. The molecular weight excluding hydrogens is 386 g/mol. The van der Waals surface area contributed by atoms with Gasteiger partial charge in [0.1, 0.15) is 18.1 Å². The summed E-state index contributed by atoms with van der Waals surface area (Å²) in [5, 5.41) is 0. The van der Waals surface area contributed by atoms with Gasteiger partial charge >= 0.3 is 0 Å². The van der Waals surface area contributed by atoms with Crippen LogP contribution in [0.2, 0.25) is 0 Å². The lowest BCUT2D eigenvalue weighted by molar-refractivity contribution is -0.121. The first-order valence-corrected chi connectivity index (χ1v) is 11.5. The van der Waals surface area contributed by atoms with Gasteiger partial charge in [-0.3, -0.25) is 9.10 Å². The minimum atomic E-state index is -3.86. The first-order valence-electron chi connectivity index (χ1n) is 9.53. The summed E-state index contributed by atoms with van der Waals surface area (Å²) in [6.45, 7) is 2.15. The number of fused-ring (bicyclic) bond motifs is 2. The Morgan fingerprint density at radius 3 is 2.48 bits per heavy atom. The van der Waals surface area contributed by atoms with E-state index in [4.69, 9.17) is 16.3 Å². The first kappa shape index (κ1) is 18.8. The van der Waals surface area contributed by atoms with Crippen molar-refractivity contribution in [2.75, 3.05) is 12.5 Å². The fourth-order valence-electron chi connectivity index (χ4n) is 4.53. The number of sulfonamides is 1. The molecule has 27 heavy (non-hydrogen) atoms. The van der Waals surface area contributed by atoms with Crippen LogP contribution in [0.25, 0.3) is 0 Å². The highest BCUT2D eigenvalue weighted by Crippen LogP contribution is 2.48. The van der Waals surface area contributed by atoms with Crippen molar-refractivity contribution in [3.05, 3.63) is 41.3 Å². The van der Waals surface area contributed by atoms with E-state index in [-0.39, 0.29) is 34.8 Å². The predicted molar refractivity (Wildman–Crippen MR) is 103 cm³/mol. The van der Waals surface area contributed by atoms with E-state index in [0.29, 0.717) is 18.1 Å². The van der Waals surface area contributed by atoms with E-state index in [2.05, 4.69) is 0 Å². The number of aryl methyl sites for hydroxylation is 1. The summed E-state index contributed by atoms with van der Waals surface area (Å²) in [6.07, 6.45) is 4.17. The van der Waals surface area contributed by atoms with Crippen molar-refractivity contribution < 1.29 is 17.9 Å². The fraction of sp³-hybridized carbons (Fsp3) is 0.550. The minimum Gasteiger partial charge on any atom is -0.493 e. The van der Waals surface area contributed by atoms with Crippen LogP contribution in [0.15, 0.2) is 40.6 Å². The van der Waals surface area contributed by atoms with E-state index in [1.54, 1.807) is 24.3 Å². The Kier molecular flexibility index (Phi) is 4.97. The molecule has 3 atom stereocenters. The normalized spacial score (nSPS) is 28.0. The van der Waals surface area contributed by atoms with Gasteiger partial charge < -0.3 is 4.74 Å². The third-order valence-corrected chi connectivity index (χ3v) is 7.99. The highest BCUT2D eigenvalue weighted by atomic mass is 35.5. The average Bonchev–Trinajstić information content (AvgIpc) is 2.95. The molecule has 2 aliphatic carbocycles. The molecule has 0 radical (unpaired) electrons. The molecular formula is C20H24ClNO4S. The lowest BCUT2D eigenvalue weighted by Crippen LogP contribution is -2.47. The Morgan fingerprint density at radius 2 is 1.81 bits per heavy atom. The van der Waals surface area contributed by atoms with Crippen molar-refractivity contribution in [1.29, 1.82) is 0 Å². The van der Waals surface area contributed by atoms with Crippen molar-refractivity contribution in [3.8, 4) is 0 Å². The van der Waals surface area contributed by atoms with Crippen LogP contribution in [0.4, 0.5) is 0 Å². The van der Waals surface area contributed by atoms with Crippen molar-refractivity contribution in [3.63, 3.8) is 0 Å². The minimum absolute atomic E-state index is 0.0221. The molecule has 1 aromatic rings. The number of Topliss-reactive ketones (excluding diaryl/α,β-unsaturated/α-hetero) is 1. The summed E-state index contributed by atoms with van der Waals surface area (Å²) in [6, 6.07) is 6.29. The van der Waals surface area contributed by atoms with E-state index < -0.39 is 16.1 Å². The van der Waals surface area contributed by atoms with Gasteiger partial charge in [0.25, 0.3) is 10.0 Å². The van der Waals surface area contributed by atoms with Crippen LogP contribution < -0.4 is 0 Å². The lowest BCUT2D eigenvalue weighted by Gasteiger charge is -2.37. The fourth-order valence-corrected chi connectivity index (χ4v) is 6.46. The van der Waals surface area contributed by atoms with Crippen LogP contribution >= 0.6 is 11.6 Å². The van der Waals surface area contributed by atoms with Crippen LogP contribution in [0.3, 0.4) is 0 Å². The number of rotatable bonds is 4. The summed E-state index contributed by atoms with van der Waals surface area (Å²) >= 11 is 5.94. The van der Waals surface area contributed by atoms with Crippen molar-refractivity contribution in [1.82, 2.24) is 4.31 Å². The Bertz CT molecular complexity index is 878. The molecule has 5 nitrogen and oxygen atoms in total. The van der Waals surface area contributed by atoms with Gasteiger partial charge in [0.2, 0.25) is 0 Å². The molecule has 0 saturated heterocycles. The molecule has 1 heterocycles. The van der Waals surface area contributed by atoms with Crippen molar-refractivity contribution >= 4 is 27.4 Å². The van der Waals surface area contributed by atoms with Crippen LogP contribution in [0.5, 0.6) is 0 Å². The smallest absolute Gasteiger partial charge is 0.264 e. The molecule has 1 fully saturated rings. The van der Waals surface area contributed by atoms with Crippen LogP contribution in [-0.4, -0.2) is 37.0 Å². The van der Waals surface area contributed by atoms with Crippen LogP contribution in [0, 0.1) is 18.8 Å². The number of hydrogen-bond acceptors (Lipinski definition) is 4. The molecule has 146 valence electrons. The number of hydrogen-bond donors (Lipinski definition) is 0. The summed E-state index contributed by atoms with van der Waals surface area (Å²) in [7, 11) is -3.86. The van der Waals surface area contributed by atoms with E-state index in [0.717, 1.165) is 31.2 Å². The molecule has 4 rings (SSSR count).